The fourth-order valence-corrected chi connectivity index (χ4v) is 0.897. The first-order chi connectivity index (χ1) is 5.57. The third kappa shape index (κ3) is 1.21. The maximum atomic E-state index is 10.7. The van der Waals surface area contributed by atoms with Crippen molar-refractivity contribution in [2.24, 2.45) is 11.5 Å². The van der Waals surface area contributed by atoms with Crippen LogP contribution in [0.1, 0.15) is 0 Å². The summed E-state index contributed by atoms with van der Waals surface area (Å²) in [5.41, 5.74) is 10.2. The molecule has 0 spiro atoms. The van der Waals surface area contributed by atoms with Gasteiger partial charge in [-0.05, 0) is 0 Å². The number of aliphatic hydroxyl groups is 2. The van der Waals surface area contributed by atoms with Gasteiger partial charge in [0.15, 0.2) is 6.10 Å². The first-order valence-corrected chi connectivity index (χ1v) is 3.35. The Labute approximate surface area is 68.4 Å². The van der Waals surface area contributed by atoms with Crippen molar-refractivity contribution >= 4 is 5.97 Å². The third-order valence-corrected chi connectivity index (χ3v) is 1.60. The number of hydrogen-bond acceptors (Lipinski definition) is 6. The van der Waals surface area contributed by atoms with E-state index in [0.717, 1.165) is 0 Å². The summed E-state index contributed by atoms with van der Waals surface area (Å²) in [6.45, 7) is -0.0913. The second kappa shape index (κ2) is 3.00. The lowest BCUT2D eigenvalue weighted by atomic mass is 10.1. The minimum absolute atomic E-state index is 0.0913. The number of ether oxygens (including phenoxy) is 1. The molecule has 6 nitrogen and oxygen atoms in total. The van der Waals surface area contributed by atoms with E-state index < -0.39 is 23.9 Å². The van der Waals surface area contributed by atoms with E-state index in [-0.39, 0.29) is 12.2 Å². The zero-order valence-electron chi connectivity index (χ0n) is 6.23. The summed E-state index contributed by atoms with van der Waals surface area (Å²) in [6, 6.07) is 0. The molecule has 0 aliphatic carbocycles. The van der Waals surface area contributed by atoms with Crippen LogP contribution in [0.2, 0.25) is 0 Å². The average molecular weight is 174 g/mol. The Kier molecular flexibility index (Phi) is 2.20. The fourth-order valence-electron chi connectivity index (χ4n) is 0.897. The summed E-state index contributed by atoms with van der Waals surface area (Å²) in [4.78, 5) is 10.7. The van der Waals surface area contributed by atoms with Crippen molar-refractivity contribution in [1.29, 1.82) is 0 Å². The summed E-state index contributed by atoms with van der Waals surface area (Å²) in [5.74, 6) is -1.57. The van der Waals surface area contributed by atoms with Crippen molar-refractivity contribution in [2.75, 3.05) is 6.54 Å². The molecule has 0 fully saturated rings. The molecular formula is C6H10N2O4. The molecule has 1 rings (SSSR count). The number of carbonyl (C=O) groups is 1. The van der Waals surface area contributed by atoms with Crippen LogP contribution in [-0.4, -0.2) is 34.9 Å². The Morgan fingerprint density at radius 1 is 1.67 bits per heavy atom. The molecule has 1 aliphatic heterocycles. The molecule has 0 aromatic rings. The highest BCUT2D eigenvalue weighted by molar-refractivity contribution is 5.89. The molecule has 6 N–H and O–H groups in total. The summed E-state index contributed by atoms with van der Waals surface area (Å²) >= 11 is 0. The number of hydrogen-bond donors (Lipinski definition) is 4. The van der Waals surface area contributed by atoms with Gasteiger partial charge in [-0.15, -0.1) is 0 Å². The zero-order valence-corrected chi connectivity index (χ0v) is 6.23. The summed E-state index contributed by atoms with van der Waals surface area (Å²) in [7, 11) is 0. The van der Waals surface area contributed by atoms with Gasteiger partial charge >= 0.3 is 5.97 Å². The number of rotatable bonds is 2. The van der Waals surface area contributed by atoms with Gasteiger partial charge in [-0.1, -0.05) is 0 Å². The number of carbonyl (C=O) groups excluding carboxylic acids is 1. The molecule has 0 amide bonds. The Bertz CT molecular complexity index is 238. The predicted molar refractivity (Wildman–Crippen MR) is 38.8 cm³/mol. The van der Waals surface area contributed by atoms with E-state index in [2.05, 4.69) is 4.74 Å². The van der Waals surface area contributed by atoms with Crippen LogP contribution in [0.4, 0.5) is 0 Å². The highest BCUT2D eigenvalue weighted by atomic mass is 16.6. The van der Waals surface area contributed by atoms with Crippen LogP contribution in [0.3, 0.4) is 0 Å². The second-order valence-electron chi connectivity index (χ2n) is 2.43. The lowest BCUT2D eigenvalue weighted by Crippen LogP contribution is -2.37. The Balaban J connectivity index is 2.80. The molecule has 68 valence electrons. The van der Waals surface area contributed by atoms with Crippen LogP contribution in [0.25, 0.3) is 0 Å². The van der Waals surface area contributed by atoms with Crippen molar-refractivity contribution in [3.63, 3.8) is 0 Å². The maximum absolute atomic E-state index is 10.7. The van der Waals surface area contributed by atoms with E-state index >= 15 is 0 Å². The summed E-state index contributed by atoms with van der Waals surface area (Å²) in [5, 5.41) is 18.0. The molecule has 6 heteroatoms. The first kappa shape index (κ1) is 8.82. The molecule has 2 unspecified atom stereocenters. The van der Waals surface area contributed by atoms with Crippen molar-refractivity contribution in [3.8, 4) is 0 Å². The molecule has 2 atom stereocenters. The monoisotopic (exact) mass is 174 g/mol. The van der Waals surface area contributed by atoms with Gasteiger partial charge in [0.1, 0.15) is 11.8 Å². The summed E-state index contributed by atoms with van der Waals surface area (Å²) < 4.78 is 4.52. The molecule has 1 heterocycles. The number of esters is 1. The number of nitrogens with two attached hydrogens (primary N) is 2. The summed E-state index contributed by atoms with van der Waals surface area (Å²) in [6.07, 6.45) is -2.08. The molecular weight excluding hydrogens is 164 g/mol. The quantitative estimate of drug-likeness (QED) is 0.358. The third-order valence-electron chi connectivity index (χ3n) is 1.60. The van der Waals surface area contributed by atoms with E-state index in [1.807, 2.05) is 0 Å². The van der Waals surface area contributed by atoms with Gasteiger partial charge in [-0.2, -0.15) is 0 Å². The van der Waals surface area contributed by atoms with E-state index in [9.17, 15) is 4.79 Å². The topological polar surface area (TPSA) is 119 Å². The van der Waals surface area contributed by atoms with Crippen LogP contribution < -0.4 is 11.5 Å². The zero-order chi connectivity index (χ0) is 9.30. The van der Waals surface area contributed by atoms with Crippen molar-refractivity contribution in [2.45, 2.75) is 12.2 Å². The van der Waals surface area contributed by atoms with Crippen LogP contribution in [0, 0.1) is 0 Å². The van der Waals surface area contributed by atoms with Gasteiger partial charge in [0.05, 0.1) is 0 Å². The number of aliphatic hydroxyl groups excluding tert-OH is 2. The van der Waals surface area contributed by atoms with Crippen molar-refractivity contribution in [3.05, 3.63) is 11.5 Å². The molecule has 0 radical (unpaired) electrons. The highest BCUT2D eigenvalue weighted by Crippen LogP contribution is 2.18. The molecule has 12 heavy (non-hydrogen) atoms. The average Bonchev–Trinajstić information content (AvgIpc) is 2.32. The van der Waals surface area contributed by atoms with Crippen molar-refractivity contribution < 1.29 is 19.7 Å². The largest absolute Gasteiger partial charge is 0.501 e. The van der Waals surface area contributed by atoms with E-state index in [0.29, 0.717) is 0 Å². The van der Waals surface area contributed by atoms with Gasteiger partial charge in [0.25, 0.3) is 0 Å². The maximum Gasteiger partial charge on any atom is 0.376 e. The lowest BCUT2D eigenvalue weighted by Gasteiger charge is -2.15. The van der Waals surface area contributed by atoms with Gasteiger partial charge in [0.2, 0.25) is 5.76 Å². The van der Waals surface area contributed by atoms with E-state index in [4.69, 9.17) is 21.7 Å². The van der Waals surface area contributed by atoms with Gasteiger partial charge < -0.3 is 26.4 Å². The fraction of sp³-hybridized carbons (Fsp3) is 0.500. The van der Waals surface area contributed by atoms with E-state index in [1.54, 1.807) is 0 Å². The molecule has 0 aromatic heterocycles. The standard InChI is InChI=1S/C6H10N2O4/c7-1-2(9)5-3(8)4(10)6(11)12-5/h2,5,9-10H,1,7-8H2. The molecule has 0 aromatic carbocycles. The Hall–Kier alpha value is -1.27. The highest BCUT2D eigenvalue weighted by Gasteiger charge is 2.36. The van der Waals surface area contributed by atoms with Gasteiger partial charge in [-0.3, -0.25) is 0 Å². The van der Waals surface area contributed by atoms with Crippen LogP contribution >= 0.6 is 0 Å². The Morgan fingerprint density at radius 3 is 2.58 bits per heavy atom. The van der Waals surface area contributed by atoms with Crippen LogP contribution in [-0.2, 0) is 9.53 Å². The molecule has 0 saturated carbocycles. The predicted octanol–water partition coefficient (Wildman–Crippen LogP) is -2.04. The lowest BCUT2D eigenvalue weighted by molar-refractivity contribution is -0.145. The minimum atomic E-state index is -1.07. The second-order valence-corrected chi connectivity index (χ2v) is 2.43. The minimum Gasteiger partial charge on any atom is -0.501 e. The smallest absolute Gasteiger partial charge is 0.376 e. The van der Waals surface area contributed by atoms with Crippen LogP contribution in [0.5, 0.6) is 0 Å². The normalized spacial score (nSPS) is 25.8. The van der Waals surface area contributed by atoms with Crippen molar-refractivity contribution in [1.82, 2.24) is 0 Å². The molecule has 0 bridgehead atoms. The molecule has 1 aliphatic rings. The molecule has 0 saturated heterocycles. The SMILES string of the molecule is NCC(O)C1OC(=O)C(O)=C1N. The Morgan fingerprint density at radius 2 is 2.25 bits per heavy atom. The van der Waals surface area contributed by atoms with Crippen LogP contribution in [0.15, 0.2) is 11.5 Å². The number of cyclic esters (lactones) is 1. The van der Waals surface area contributed by atoms with E-state index in [1.165, 1.54) is 0 Å². The van der Waals surface area contributed by atoms with Gasteiger partial charge in [0, 0.05) is 6.54 Å². The first-order valence-electron chi connectivity index (χ1n) is 3.35. The van der Waals surface area contributed by atoms with Gasteiger partial charge in [-0.25, -0.2) is 4.79 Å².